The van der Waals surface area contributed by atoms with Crippen molar-refractivity contribution in [2.24, 2.45) is 0 Å². The van der Waals surface area contributed by atoms with Gasteiger partial charge in [0.15, 0.2) is 0 Å². The van der Waals surface area contributed by atoms with Gasteiger partial charge in [0, 0.05) is 24.4 Å². The Hall–Kier alpha value is -1.32. The van der Waals surface area contributed by atoms with Gasteiger partial charge < -0.3 is 9.88 Å². The number of aryl methyl sites for hydroxylation is 1. The third kappa shape index (κ3) is 4.04. The molecule has 1 aromatic heterocycles. The van der Waals surface area contributed by atoms with Gasteiger partial charge in [-0.3, -0.25) is 4.79 Å². The highest BCUT2D eigenvalue weighted by Gasteiger charge is 2.14. The van der Waals surface area contributed by atoms with Gasteiger partial charge in [0.1, 0.15) is 12.4 Å². The molecule has 0 aliphatic carbocycles. The van der Waals surface area contributed by atoms with E-state index in [-0.39, 0.29) is 11.4 Å². The number of hydrogen-bond acceptors (Lipinski definition) is 2. The van der Waals surface area contributed by atoms with Crippen molar-refractivity contribution in [1.82, 2.24) is 14.9 Å². The third-order valence-electron chi connectivity index (χ3n) is 2.10. The lowest BCUT2D eigenvalue weighted by molar-refractivity contribution is -0.123. The second-order valence-corrected chi connectivity index (χ2v) is 5.02. The van der Waals surface area contributed by atoms with E-state index in [0.717, 1.165) is 18.7 Å². The zero-order valence-electron chi connectivity index (χ0n) is 10.6. The van der Waals surface area contributed by atoms with Crippen molar-refractivity contribution in [3.05, 3.63) is 18.2 Å². The maximum atomic E-state index is 11.7. The van der Waals surface area contributed by atoms with Gasteiger partial charge in [-0.25, -0.2) is 4.98 Å². The van der Waals surface area contributed by atoms with Gasteiger partial charge in [0.2, 0.25) is 5.91 Å². The van der Waals surface area contributed by atoms with Crippen LogP contribution in [0.1, 0.15) is 39.9 Å². The molecule has 1 rings (SSSR count). The third-order valence-corrected chi connectivity index (χ3v) is 2.10. The molecule has 0 spiro atoms. The fraction of sp³-hybridized carbons (Fsp3) is 0.667. The summed E-state index contributed by atoms with van der Waals surface area (Å²) in [7, 11) is 0. The average molecular weight is 223 g/mol. The Balaban J connectivity index is 2.59. The first-order chi connectivity index (χ1) is 7.42. The van der Waals surface area contributed by atoms with E-state index in [1.54, 1.807) is 6.20 Å². The zero-order chi connectivity index (χ0) is 12.2. The minimum atomic E-state index is -0.178. The van der Waals surface area contributed by atoms with Crippen molar-refractivity contribution in [3.8, 4) is 0 Å². The Bertz CT molecular complexity index is 349. The van der Waals surface area contributed by atoms with Crippen molar-refractivity contribution in [3.63, 3.8) is 0 Å². The zero-order valence-corrected chi connectivity index (χ0v) is 10.6. The maximum absolute atomic E-state index is 11.7. The largest absolute Gasteiger partial charge is 0.350 e. The van der Waals surface area contributed by atoms with Crippen LogP contribution in [-0.2, 0) is 17.8 Å². The minimum Gasteiger partial charge on any atom is -0.350 e. The predicted octanol–water partition coefficient (Wildman–Crippen LogP) is 1.75. The maximum Gasteiger partial charge on any atom is 0.240 e. The van der Waals surface area contributed by atoms with Crippen LogP contribution in [0, 0.1) is 0 Å². The molecule has 1 N–H and O–H groups in total. The van der Waals surface area contributed by atoms with Crippen LogP contribution in [0.3, 0.4) is 0 Å². The molecular formula is C12H21N3O. The number of amides is 1. The van der Waals surface area contributed by atoms with Gasteiger partial charge in [0.25, 0.3) is 0 Å². The number of imidazole rings is 1. The Kier molecular flexibility index (Phi) is 4.10. The molecule has 0 fully saturated rings. The van der Waals surface area contributed by atoms with Crippen LogP contribution in [0.4, 0.5) is 0 Å². The van der Waals surface area contributed by atoms with E-state index >= 15 is 0 Å². The van der Waals surface area contributed by atoms with Crippen LogP contribution in [0.5, 0.6) is 0 Å². The highest BCUT2D eigenvalue weighted by atomic mass is 16.2. The quantitative estimate of drug-likeness (QED) is 0.845. The molecule has 4 nitrogen and oxygen atoms in total. The monoisotopic (exact) mass is 223 g/mol. The van der Waals surface area contributed by atoms with E-state index in [9.17, 15) is 4.79 Å². The molecule has 0 aliphatic heterocycles. The topological polar surface area (TPSA) is 46.9 Å². The van der Waals surface area contributed by atoms with Crippen LogP contribution in [0.25, 0.3) is 0 Å². The van der Waals surface area contributed by atoms with Crippen molar-refractivity contribution in [2.45, 2.75) is 52.6 Å². The van der Waals surface area contributed by atoms with Crippen LogP contribution in [0.15, 0.2) is 12.4 Å². The Morgan fingerprint density at radius 3 is 2.75 bits per heavy atom. The molecular weight excluding hydrogens is 202 g/mol. The van der Waals surface area contributed by atoms with E-state index < -0.39 is 0 Å². The lowest BCUT2D eigenvalue weighted by atomic mass is 10.1. The molecule has 0 saturated carbocycles. The molecule has 90 valence electrons. The summed E-state index contributed by atoms with van der Waals surface area (Å²) < 4.78 is 1.91. The Morgan fingerprint density at radius 2 is 2.19 bits per heavy atom. The summed E-state index contributed by atoms with van der Waals surface area (Å²) in [5, 5.41) is 2.94. The second kappa shape index (κ2) is 5.14. The van der Waals surface area contributed by atoms with Gasteiger partial charge >= 0.3 is 0 Å². The molecule has 1 amide bonds. The smallest absolute Gasteiger partial charge is 0.240 e. The number of rotatable bonds is 4. The normalized spacial score (nSPS) is 11.5. The first-order valence-corrected chi connectivity index (χ1v) is 5.73. The fourth-order valence-electron chi connectivity index (χ4n) is 1.55. The number of aromatic nitrogens is 2. The van der Waals surface area contributed by atoms with E-state index in [0.29, 0.717) is 6.54 Å². The Morgan fingerprint density at radius 1 is 1.50 bits per heavy atom. The first-order valence-electron chi connectivity index (χ1n) is 5.73. The lowest BCUT2D eigenvalue weighted by Crippen LogP contribution is -2.42. The van der Waals surface area contributed by atoms with Crippen LogP contribution < -0.4 is 5.32 Å². The summed E-state index contributed by atoms with van der Waals surface area (Å²) in [5.41, 5.74) is -0.178. The predicted molar refractivity (Wildman–Crippen MR) is 64.1 cm³/mol. The molecule has 0 aliphatic rings. The number of nitrogens with one attached hydrogen (secondary N) is 1. The standard InChI is InChI=1S/C12H21N3O/c1-5-6-10-13-7-8-15(10)9-11(16)14-12(2,3)4/h7-8H,5-6,9H2,1-4H3,(H,14,16). The van der Waals surface area contributed by atoms with Crippen molar-refractivity contribution in [2.75, 3.05) is 0 Å². The Labute approximate surface area is 97.1 Å². The van der Waals surface area contributed by atoms with E-state index in [4.69, 9.17) is 0 Å². The number of nitrogens with zero attached hydrogens (tertiary/aromatic N) is 2. The molecule has 1 aromatic rings. The second-order valence-electron chi connectivity index (χ2n) is 5.02. The molecule has 0 aromatic carbocycles. The van der Waals surface area contributed by atoms with Crippen LogP contribution in [0.2, 0.25) is 0 Å². The van der Waals surface area contributed by atoms with Gasteiger partial charge in [-0.05, 0) is 27.2 Å². The number of hydrogen-bond donors (Lipinski definition) is 1. The molecule has 0 saturated heterocycles. The van der Waals surface area contributed by atoms with Crippen molar-refractivity contribution >= 4 is 5.91 Å². The van der Waals surface area contributed by atoms with E-state index in [2.05, 4.69) is 17.2 Å². The van der Waals surface area contributed by atoms with Gasteiger partial charge in [0.05, 0.1) is 0 Å². The molecule has 0 bridgehead atoms. The highest BCUT2D eigenvalue weighted by Crippen LogP contribution is 2.03. The lowest BCUT2D eigenvalue weighted by Gasteiger charge is -2.20. The molecule has 0 radical (unpaired) electrons. The van der Waals surface area contributed by atoms with E-state index in [1.165, 1.54) is 0 Å². The average Bonchev–Trinajstić information content (AvgIpc) is 2.50. The fourth-order valence-corrected chi connectivity index (χ4v) is 1.55. The first kappa shape index (κ1) is 12.7. The van der Waals surface area contributed by atoms with Crippen LogP contribution >= 0.6 is 0 Å². The van der Waals surface area contributed by atoms with Crippen LogP contribution in [-0.4, -0.2) is 21.0 Å². The summed E-state index contributed by atoms with van der Waals surface area (Å²) in [4.78, 5) is 16.0. The highest BCUT2D eigenvalue weighted by molar-refractivity contribution is 5.76. The van der Waals surface area contributed by atoms with Crippen molar-refractivity contribution in [1.29, 1.82) is 0 Å². The molecule has 1 heterocycles. The summed E-state index contributed by atoms with van der Waals surface area (Å²) in [5.74, 6) is 1.01. The van der Waals surface area contributed by atoms with Gasteiger partial charge in [-0.2, -0.15) is 0 Å². The van der Waals surface area contributed by atoms with Gasteiger partial charge in [-0.1, -0.05) is 6.92 Å². The van der Waals surface area contributed by atoms with Gasteiger partial charge in [-0.15, -0.1) is 0 Å². The molecule has 16 heavy (non-hydrogen) atoms. The van der Waals surface area contributed by atoms with Crippen molar-refractivity contribution < 1.29 is 4.79 Å². The summed E-state index contributed by atoms with van der Waals surface area (Å²) in [6.45, 7) is 8.39. The minimum absolute atomic E-state index is 0.0304. The molecule has 4 heteroatoms. The molecule has 0 atom stereocenters. The number of carbonyl (C=O) groups excluding carboxylic acids is 1. The number of carbonyl (C=O) groups is 1. The molecule has 0 unspecified atom stereocenters. The van der Waals surface area contributed by atoms with E-state index in [1.807, 2.05) is 31.5 Å². The SMILES string of the molecule is CCCc1nccn1CC(=O)NC(C)(C)C. The summed E-state index contributed by atoms with van der Waals surface area (Å²) in [6.07, 6.45) is 5.55. The summed E-state index contributed by atoms with van der Waals surface area (Å²) in [6, 6.07) is 0. The summed E-state index contributed by atoms with van der Waals surface area (Å²) >= 11 is 0.